The average molecular weight is 283 g/mol. The van der Waals surface area contributed by atoms with Gasteiger partial charge in [-0.05, 0) is 42.0 Å². The van der Waals surface area contributed by atoms with Gasteiger partial charge in [-0.2, -0.15) is 20.7 Å². The molecule has 0 aliphatic rings. The second kappa shape index (κ2) is 5.82. The van der Waals surface area contributed by atoms with E-state index in [4.69, 9.17) is 0 Å². The molecular formula is C17H9N5. The number of hydrogen-bond donors (Lipinski definition) is 0. The molecule has 0 spiro atoms. The van der Waals surface area contributed by atoms with Crippen LogP contribution in [0.15, 0.2) is 55.0 Å². The number of rotatable bonds is 2. The van der Waals surface area contributed by atoms with Crippen LogP contribution in [0, 0.1) is 22.7 Å². The second-order valence-electron chi connectivity index (χ2n) is 4.51. The predicted octanol–water partition coefficient (Wildman–Crippen LogP) is 2.95. The Kier molecular flexibility index (Phi) is 3.55. The molecule has 0 amide bonds. The summed E-state index contributed by atoms with van der Waals surface area (Å²) in [5, 5.41) is 26.7. The van der Waals surface area contributed by atoms with Crippen LogP contribution in [0.2, 0.25) is 0 Å². The zero-order valence-electron chi connectivity index (χ0n) is 11.4. The lowest BCUT2D eigenvalue weighted by Crippen LogP contribution is -1.94. The Morgan fingerprint density at radius 2 is 1.50 bits per heavy atom. The molecule has 3 rings (SSSR count). The quantitative estimate of drug-likeness (QED) is 0.721. The Morgan fingerprint density at radius 3 is 2.14 bits per heavy atom. The molecule has 0 N–H and O–H groups in total. The van der Waals surface area contributed by atoms with Crippen LogP contribution in [0.4, 0.5) is 0 Å². The highest BCUT2D eigenvalue weighted by Crippen LogP contribution is 2.30. The van der Waals surface area contributed by atoms with Gasteiger partial charge in [-0.15, -0.1) is 0 Å². The predicted molar refractivity (Wildman–Crippen MR) is 80.1 cm³/mol. The minimum absolute atomic E-state index is 0.450. The van der Waals surface area contributed by atoms with E-state index in [2.05, 4.69) is 27.3 Å². The molecule has 0 aliphatic heterocycles. The van der Waals surface area contributed by atoms with E-state index in [0.29, 0.717) is 27.9 Å². The summed E-state index contributed by atoms with van der Waals surface area (Å²) in [7, 11) is 0. The minimum Gasteiger partial charge on any atom is -0.265 e. The van der Waals surface area contributed by atoms with Gasteiger partial charge in [0.25, 0.3) is 0 Å². The fourth-order valence-corrected chi connectivity index (χ4v) is 2.21. The summed E-state index contributed by atoms with van der Waals surface area (Å²) in [5.41, 5.74) is 3.64. The van der Waals surface area contributed by atoms with E-state index in [9.17, 15) is 10.5 Å². The summed E-state index contributed by atoms with van der Waals surface area (Å²) in [6, 6.07) is 14.8. The fourth-order valence-electron chi connectivity index (χ4n) is 2.21. The molecule has 0 atom stereocenters. The topological polar surface area (TPSA) is 86.2 Å². The average Bonchev–Trinajstić information content (AvgIpc) is 2.62. The highest BCUT2D eigenvalue weighted by molar-refractivity contribution is 5.79. The molecule has 5 nitrogen and oxygen atoms in total. The van der Waals surface area contributed by atoms with E-state index in [1.54, 1.807) is 55.0 Å². The number of hydrogen-bond acceptors (Lipinski definition) is 5. The smallest absolute Gasteiger partial charge is 0.0999 e. The van der Waals surface area contributed by atoms with Crippen LogP contribution < -0.4 is 0 Å². The molecule has 3 aromatic rings. The van der Waals surface area contributed by atoms with Crippen LogP contribution in [-0.2, 0) is 0 Å². The van der Waals surface area contributed by atoms with Crippen molar-refractivity contribution >= 4 is 0 Å². The summed E-state index contributed by atoms with van der Waals surface area (Å²) in [5.74, 6) is 0. The third-order valence-corrected chi connectivity index (χ3v) is 3.24. The summed E-state index contributed by atoms with van der Waals surface area (Å²) < 4.78 is 0. The zero-order chi connectivity index (χ0) is 15.4. The van der Waals surface area contributed by atoms with Crippen LogP contribution in [0.5, 0.6) is 0 Å². The van der Waals surface area contributed by atoms with Crippen molar-refractivity contribution < 1.29 is 0 Å². The fraction of sp³-hybridized carbons (Fsp3) is 0. The maximum atomic E-state index is 9.43. The van der Waals surface area contributed by atoms with Gasteiger partial charge in [0.2, 0.25) is 0 Å². The molecule has 0 unspecified atom stereocenters. The molecule has 22 heavy (non-hydrogen) atoms. The van der Waals surface area contributed by atoms with Gasteiger partial charge in [0.15, 0.2) is 0 Å². The van der Waals surface area contributed by atoms with E-state index >= 15 is 0 Å². The standard InChI is InChI=1S/C17H9N5/c18-10-13-9-16(17-2-1-5-21-22-17)14(11-19)8-15(13)12-3-6-20-7-4-12/h1-9H. The number of nitrogens with zero attached hydrogens (tertiary/aromatic N) is 5. The Labute approximate surface area is 127 Å². The Bertz CT molecular complexity index is 813. The van der Waals surface area contributed by atoms with E-state index in [1.165, 1.54) is 0 Å². The van der Waals surface area contributed by atoms with E-state index in [0.717, 1.165) is 5.56 Å². The first-order valence-electron chi connectivity index (χ1n) is 6.50. The third kappa shape index (κ3) is 2.39. The van der Waals surface area contributed by atoms with Gasteiger partial charge >= 0.3 is 0 Å². The van der Waals surface area contributed by atoms with Gasteiger partial charge in [0, 0.05) is 29.7 Å². The van der Waals surface area contributed by atoms with Gasteiger partial charge in [0.05, 0.1) is 29.0 Å². The van der Waals surface area contributed by atoms with Crippen molar-refractivity contribution in [1.82, 2.24) is 15.2 Å². The lowest BCUT2D eigenvalue weighted by molar-refractivity contribution is 1.04. The van der Waals surface area contributed by atoms with Crippen molar-refractivity contribution in [3.8, 4) is 34.5 Å². The first-order valence-corrected chi connectivity index (χ1v) is 6.50. The lowest BCUT2D eigenvalue weighted by Gasteiger charge is -2.09. The molecule has 0 saturated carbocycles. The normalized spacial score (nSPS) is 9.73. The minimum atomic E-state index is 0.450. The Morgan fingerprint density at radius 1 is 0.818 bits per heavy atom. The van der Waals surface area contributed by atoms with E-state index in [-0.39, 0.29) is 0 Å². The van der Waals surface area contributed by atoms with Crippen LogP contribution in [0.1, 0.15) is 11.1 Å². The molecular weight excluding hydrogens is 274 g/mol. The van der Waals surface area contributed by atoms with E-state index < -0.39 is 0 Å². The Hall–Kier alpha value is -3.57. The van der Waals surface area contributed by atoms with Crippen molar-refractivity contribution in [3.63, 3.8) is 0 Å². The van der Waals surface area contributed by atoms with Crippen molar-refractivity contribution in [2.45, 2.75) is 0 Å². The molecule has 0 fully saturated rings. The van der Waals surface area contributed by atoms with Gasteiger partial charge in [-0.1, -0.05) is 0 Å². The SMILES string of the molecule is N#Cc1cc(-c2cccnn2)c(C#N)cc1-c1ccncc1. The van der Waals surface area contributed by atoms with Gasteiger partial charge in [-0.25, -0.2) is 0 Å². The van der Waals surface area contributed by atoms with Gasteiger partial charge < -0.3 is 0 Å². The van der Waals surface area contributed by atoms with Crippen LogP contribution in [0.3, 0.4) is 0 Å². The van der Waals surface area contributed by atoms with Crippen molar-refractivity contribution in [2.75, 3.05) is 0 Å². The molecule has 102 valence electrons. The summed E-state index contributed by atoms with van der Waals surface area (Å²) in [4.78, 5) is 3.97. The molecule has 0 saturated heterocycles. The second-order valence-corrected chi connectivity index (χ2v) is 4.51. The number of nitriles is 2. The first kappa shape index (κ1) is 13.4. The molecule has 5 heteroatoms. The highest BCUT2D eigenvalue weighted by atomic mass is 15.1. The molecule has 0 radical (unpaired) electrons. The molecule has 2 heterocycles. The van der Waals surface area contributed by atoms with Gasteiger partial charge in [-0.3, -0.25) is 4.98 Å². The van der Waals surface area contributed by atoms with Crippen molar-refractivity contribution in [3.05, 3.63) is 66.1 Å². The van der Waals surface area contributed by atoms with Crippen molar-refractivity contribution in [2.24, 2.45) is 0 Å². The number of pyridine rings is 1. The van der Waals surface area contributed by atoms with Crippen LogP contribution in [-0.4, -0.2) is 15.2 Å². The van der Waals surface area contributed by atoms with E-state index in [1.807, 2.05) is 0 Å². The summed E-state index contributed by atoms with van der Waals surface area (Å²) in [6.45, 7) is 0. The summed E-state index contributed by atoms with van der Waals surface area (Å²) in [6.07, 6.45) is 4.87. The lowest BCUT2D eigenvalue weighted by atomic mass is 9.94. The molecule has 0 bridgehead atoms. The maximum absolute atomic E-state index is 9.43. The molecule has 0 aliphatic carbocycles. The third-order valence-electron chi connectivity index (χ3n) is 3.24. The monoisotopic (exact) mass is 283 g/mol. The van der Waals surface area contributed by atoms with Crippen LogP contribution in [0.25, 0.3) is 22.4 Å². The molecule has 2 aromatic heterocycles. The summed E-state index contributed by atoms with van der Waals surface area (Å²) >= 11 is 0. The first-order chi connectivity index (χ1) is 10.8. The Balaban J connectivity index is 2.25. The number of aromatic nitrogens is 3. The largest absolute Gasteiger partial charge is 0.265 e. The zero-order valence-corrected chi connectivity index (χ0v) is 11.4. The van der Waals surface area contributed by atoms with Crippen LogP contribution >= 0.6 is 0 Å². The van der Waals surface area contributed by atoms with Crippen molar-refractivity contribution in [1.29, 1.82) is 10.5 Å². The highest BCUT2D eigenvalue weighted by Gasteiger charge is 2.13. The maximum Gasteiger partial charge on any atom is 0.0999 e. The van der Waals surface area contributed by atoms with Gasteiger partial charge in [0.1, 0.15) is 0 Å². The molecule has 1 aromatic carbocycles. The number of benzene rings is 1.